The fourth-order valence-electron chi connectivity index (χ4n) is 2.30. The fraction of sp³-hybridized carbons (Fsp3) is 0.0667. The van der Waals surface area contributed by atoms with Gasteiger partial charge in [-0.05, 0) is 12.1 Å². The lowest BCUT2D eigenvalue weighted by atomic mass is 10.1. The van der Waals surface area contributed by atoms with Crippen molar-refractivity contribution in [3.8, 4) is 0 Å². The average Bonchev–Trinajstić information content (AvgIpc) is 2.89. The van der Waals surface area contributed by atoms with Gasteiger partial charge in [0.15, 0.2) is 0 Å². The van der Waals surface area contributed by atoms with E-state index >= 15 is 0 Å². The highest BCUT2D eigenvalue weighted by atomic mass is 35.5. The number of carboxylic acids is 1. The molecule has 118 valence electrons. The maximum absolute atomic E-state index is 14.3. The van der Waals surface area contributed by atoms with Crippen LogP contribution in [-0.4, -0.2) is 20.9 Å². The van der Waals surface area contributed by atoms with E-state index in [0.717, 1.165) is 0 Å². The van der Waals surface area contributed by atoms with E-state index in [0.29, 0.717) is 15.9 Å². The molecule has 4 nitrogen and oxygen atoms in total. The third-order valence-electron chi connectivity index (χ3n) is 3.39. The van der Waals surface area contributed by atoms with E-state index in [4.69, 9.17) is 39.9 Å². The smallest absolute Gasteiger partial charge is 0.338 e. The van der Waals surface area contributed by atoms with Gasteiger partial charge in [0.2, 0.25) is 0 Å². The van der Waals surface area contributed by atoms with Crippen LogP contribution in [0, 0.1) is 5.82 Å². The molecule has 0 aliphatic rings. The van der Waals surface area contributed by atoms with Crippen molar-refractivity contribution in [3.63, 3.8) is 0 Å². The third kappa shape index (κ3) is 2.76. The molecule has 0 bridgehead atoms. The molecule has 3 rings (SSSR count). The summed E-state index contributed by atoms with van der Waals surface area (Å²) in [7, 11) is 0. The minimum Gasteiger partial charge on any atom is -0.478 e. The van der Waals surface area contributed by atoms with Crippen molar-refractivity contribution in [2.45, 2.75) is 6.54 Å². The molecule has 2 aromatic carbocycles. The number of aromatic carboxylic acids is 1. The molecule has 1 heterocycles. The molecule has 1 aromatic heterocycles. The molecule has 0 amide bonds. The average molecular weight is 374 g/mol. The van der Waals surface area contributed by atoms with Gasteiger partial charge in [0.25, 0.3) is 0 Å². The van der Waals surface area contributed by atoms with Crippen LogP contribution in [0.1, 0.15) is 15.9 Å². The SMILES string of the molecule is O=C(O)c1cccc(Cn2ncc3cc(Cl)c(Cl)c(Cl)c32)c1F. The second-order valence-corrected chi connectivity index (χ2v) is 5.97. The first-order valence-corrected chi connectivity index (χ1v) is 7.53. The van der Waals surface area contributed by atoms with Crippen LogP contribution >= 0.6 is 34.8 Å². The lowest BCUT2D eigenvalue weighted by molar-refractivity contribution is 0.0691. The Kier molecular flexibility index (Phi) is 4.19. The number of nitrogens with zero attached hydrogens (tertiary/aromatic N) is 2. The predicted molar refractivity (Wildman–Crippen MR) is 87.2 cm³/mol. The third-order valence-corrected chi connectivity index (χ3v) is 4.64. The number of carbonyl (C=O) groups is 1. The molecule has 0 saturated heterocycles. The highest BCUT2D eigenvalue weighted by Crippen LogP contribution is 2.36. The van der Waals surface area contributed by atoms with E-state index in [9.17, 15) is 9.18 Å². The molecular weight excluding hydrogens is 366 g/mol. The summed E-state index contributed by atoms with van der Waals surface area (Å²) in [4.78, 5) is 11.0. The Morgan fingerprint density at radius 3 is 2.70 bits per heavy atom. The molecular formula is C15H8Cl3FN2O2. The highest BCUT2D eigenvalue weighted by Gasteiger charge is 2.17. The van der Waals surface area contributed by atoms with Crippen molar-refractivity contribution in [1.82, 2.24) is 9.78 Å². The zero-order valence-corrected chi connectivity index (χ0v) is 13.6. The molecule has 0 aliphatic carbocycles. The van der Waals surface area contributed by atoms with Crippen LogP contribution in [0.5, 0.6) is 0 Å². The van der Waals surface area contributed by atoms with Crippen molar-refractivity contribution in [3.05, 3.63) is 62.5 Å². The Morgan fingerprint density at radius 2 is 2.00 bits per heavy atom. The summed E-state index contributed by atoms with van der Waals surface area (Å²) in [6.07, 6.45) is 1.53. The normalized spacial score (nSPS) is 11.1. The number of halogens is 4. The second kappa shape index (κ2) is 6.00. The van der Waals surface area contributed by atoms with E-state index in [1.54, 1.807) is 6.07 Å². The van der Waals surface area contributed by atoms with Crippen LogP contribution in [0.2, 0.25) is 15.1 Å². The van der Waals surface area contributed by atoms with Gasteiger partial charge in [-0.3, -0.25) is 4.68 Å². The van der Waals surface area contributed by atoms with Crippen molar-refractivity contribution in [1.29, 1.82) is 0 Å². The molecule has 0 unspecified atom stereocenters. The number of aromatic nitrogens is 2. The van der Waals surface area contributed by atoms with Crippen LogP contribution < -0.4 is 0 Å². The first kappa shape index (κ1) is 16.1. The summed E-state index contributed by atoms with van der Waals surface area (Å²) in [5.41, 5.74) is 0.282. The molecule has 3 aromatic rings. The highest BCUT2D eigenvalue weighted by molar-refractivity contribution is 6.50. The quantitative estimate of drug-likeness (QED) is 0.666. The predicted octanol–water partition coefficient (Wildman–Crippen LogP) is 4.88. The number of benzene rings is 2. The van der Waals surface area contributed by atoms with E-state index < -0.39 is 17.3 Å². The summed E-state index contributed by atoms with van der Waals surface area (Å²) in [6, 6.07) is 5.77. The molecule has 0 spiro atoms. The minimum atomic E-state index is -1.33. The van der Waals surface area contributed by atoms with Gasteiger partial charge in [-0.2, -0.15) is 5.10 Å². The number of hydrogen-bond acceptors (Lipinski definition) is 2. The maximum Gasteiger partial charge on any atom is 0.338 e. The molecule has 0 fully saturated rings. The number of rotatable bonds is 3. The molecule has 23 heavy (non-hydrogen) atoms. The summed E-state index contributed by atoms with van der Waals surface area (Å²) in [6.45, 7) is 0.00807. The Morgan fingerprint density at radius 1 is 1.26 bits per heavy atom. The van der Waals surface area contributed by atoms with Crippen LogP contribution in [0.3, 0.4) is 0 Å². The molecule has 1 N–H and O–H groups in total. The lowest BCUT2D eigenvalue weighted by Gasteiger charge is -2.09. The van der Waals surface area contributed by atoms with Crippen LogP contribution in [0.25, 0.3) is 10.9 Å². The number of carboxylic acid groups (broad SMARTS) is 1. The maximum atomic E-state index is 14.3. The summed E-state index contributed by atoms with van der Waals surface area (Å²) < 4.78 is 15.7. The Labute approximate surface area is 145 Å². The largest absolute Gasteiger partial charge is 0.478 e. The van der Waals surface area contributed by atoms with Gasteiger partial charge in [0, 0.05) is 10.9 Å². The molecule has 0 radical (unpaired) electrons. The number of fused-ring (bicyclic) bond motifs is 1. The van der Waals surface area contributed by atoms with Crippen LogP contribution in [0.15, 0.2) is 30.5 Å². The Balaban J connectivity index is 2.12. The van der Waals surface area contributed by atoms with Crippen LogP contribution in [-0.2, 0) is 6.54 Å². The van der Waals surface area contributed by atoms with E-state index in [2.05, 4.69) is 5.10 Å². The minimum absolute atomic E-state index is 0.00807. The van der Waals surface area contributed by atoms with E-state index in [1.165, 1.54) is 29.1 Å². The van der Waals surface area contributed by atoms with Gasteiger partial charge in [-0.15, -0.1) is 0 Å². The zero-order valence-electron chi connectivity index (χ0n) is 11.4. The topological polar surface area (TPSA) is 55.1 Å². The van der Waals surface area contributed by atoms with Gasteiger partial charge in [-0.1, -0.05) is 46.9 Å². The summed E-state index contributed by atoms with van der Waals surface area (Å²) in [5.74, 6) is -2.14. The second-order valence-electron chi connectivity index (χ2n) is 4.81. The standard InChI is InChI=1S/C15H8Cl3FN2O2/c16-10-4-8-5-20-21(14(8)12(18)11(10)17)6-7-2-1-3-9(13(7)19)15(22)23/h1-5H,6H2,(H,22,23). The first-order chi connectivity index (χ1) is 10.9. The van der Waals surface area contributed by atoms with Crippen molar-refractivity contribution < 1.29 is 14.3 Å². The van der Waals surface area contributed by atoms with Gasteiger partial charge >= 0.3 is 5.97 Å². The zero-order chi connectivity index (χ0) is 16.7. The van der Waals surface area contributed by atoms with Gasteiger partial charge in [-0.25, -0.2) is 9.18 Å². The van der Waals surface area contributed by atoms with Crippen molar-refractivity contribution in [2.24, 2.45) is 0 Å². The first-order valence-electron chi connectivity index (χ1n) is 6.40. The molecule has 0 saturated carbocycles. The van der Waals surface area contributed by atoms with Crippen molar-refractivity contribution in [2.75, 3.05) is 0 Å². The Bertz CT molecular complexity index is 940. The lowest BCUT2D eigenvalue weighted by Crippen LogP contribution is -2.08. The summed E-state index contributed by atoms with van der Waals surface area (Å²) >= 11 is 18.2. The molecule has 0 aliphatic heterocycles. The molecule has 8 heteroatoms. The van der Waals surface area contributed by atoms with Crippen LogP contribution in [0.4, 0.5) is 4.39 Å². The number of hydrogen-bond donors (Lipinski definition) is 1. The molecule has 0 atom stereocenters. The summed E-state index contributed by atoms with van der Waals surface area (Å²) in [5, 5.41) is 14.5. The Hall–Kier alpha value is -1.82. The van der Waals surface area contributed by atoms with Gasteiger partial charge in [0.1, 0.15) is 5.82 Å². The van der Waals surface area contributed by atoms with Gasteiger partial charge in [0.05, 0.1) is 38.9 Å². The monoisotopic (exact) mass is 372 g/mol. The van der Waals surface area contributed by atoms with E-state index in [-0.39, 0.29) is 22.2 Å². The van der Waals surface area contributed by atoms with Crippen molar-refractivity contribution >= 4 is 51.7 Å². The van der Waals surface area contributed by atoms with E-state index in [1.807, 2.05) is 0 Å². The van der Waals surface area contributed by atoms with Gasteiger partial charge < -0.3 is 5.11 Å². The fourth-order valence-corrected chi connectivity index (χ4v) is 3.02.